The van der Waals surface area contributed by atoms with Gasteiger partial charge in [-0.15, -0.1) is 0 Å². The predicted octanol–water partition coefficient (Wildman–Crippen LogP) is 5.45. The maximum atomic E-state index is 15.8. The lowest BCUT2D eigenvalue weighted by molar-refractivity contribution is -0.104. The van der Waals surface area contributed by atoms with Crippen LogP contribution in [0.2, 0.25) is 5.02 Å². The third-order valence-corrected chi connectivity index (χ3v) is 6.96. The lowest BCUT2D eigenvalue weighted by Crippen LogP contribution is -2.43. The lowest BCUT2D eigenvalue weighted by Gasteiger charge is -2.34. The van der Waals surface area contributed by atoms with Crippen molar-refractivity contribution in [3.63, 3.8) is 0 Å². The molecule has 1 saturated heterocycles. The summed E-state index contributed by atoms with van der Waals surface area (Å²) in [6.45, 7) is 2.98. The number of fused-ring (bicyclic) bond motifs is 2. The molecule has 0 aliphatic carbocycles. The van der Waals surface area contributed by atoms with Crippen molar-refractivity contribution < 1.29 is 14.3 Å². The number of rotatable bonds is 4. The molecule has 162 valence electrons. The molecule has 1 aromatic heterocycles. The second kappa shape index (κ2) is 8.41. The molecule has 32 heavy (non-hydrogen) atoms. The molecule has 1 fully saturated rings. The van der Waals surface area contributed by atoms with Crippen LogP contribution in [0.15, 0.2) is 54.7 Å². The molecule has 1 aliphatic heterocycles. The maximum absolute atomic E-state index is 15.8. The van der Waals surface area contributed by atoms with Crippen LogP contribution in [-0.4, -0.2) is 46.8 Å². The normalized spacial score (nSPS) is 14.7. The number of anilines is 1. The number of carbonyl (C=O) groups is 1. The number of aromatic hydroxyl groups is 1. The Balaban J connectivity index is 1.57. The average Bonchev–Trinajstić information content (AvgIpc) is 3.22. The van der Waals surface area contributed by atoms with Crippen LogP contribution >= 0.6 is 23.1 Å². The van der Waals surface area contributed by atoms with Gasteiger partial charge < -0.3 is 14.9 Å². The molecular weight excluding hydrogens is 449 g/mol. The van der Waals surface area contributed by atoms with Crippen molar-refractivity contribution in [3.05, 3.63) is 65.6 Å². The minimum Gasteiger partial charge on any atom is -0.508 e. The van der Waals surface area contributed by atoms with Gasteiger partial charge in [-0.25, -0.2) is 4.39 Å². The van der Waals surface area contributed by atoms with Crippen LogP contribution in [-0.2, 0) is 4.79 Å². The minimum atomic E-state index is -0.488. The fourth-order valence-electron chi connectivity index (χ4n) is 4.21. The van der Waals surface area contributed by atoms with Gasteiger partial charge in [-0.1, -0.05) is 35.9 Å². The highest BCUT2D eigenvalue weighted by molar-refractivity contribution is 7.11. The Labute approximate surface area is 193 Å². The van der Waals surface area contributed by atoms with E-state index in [-0.39, 0.29) is 21.9 Å². The molecule has 0 atom stereocenters. The summed E-state index contributed by atoms with van der Waals surface area (Å²) in [6, 6.07) is 12.5. The second-order valence-electron chi connectivity index (χ2n) is 7.65. The monoisotopic (exact) mass is 467 g/mol. The zero-order valence-electron chi connectivity index (χ0n) is 17.0. The van der Waals surface area contributed by atoms with E-state index in [9.17, 15) is 9.90 Å². The number of phenolic OH excluding ortho intramolecular Hbond substituents is 1. The highest BCUT2D eigenvalue weighted by atomic mass is 35.5. The molecule has 5 rings (SSSR count). The van der Waals surface area contributed by atoms with Crippen molar-refractivity contribution in [1.29, 1.82) is 0 Å². The van der Waals surface area contributed by atoms with Crippen LogP contribution in [0, 0.1) is 5.82 Å². The van der Waals surface area contributed by atoms with Gasteiger partial charge in [0.25, 0.3) is 0 Å². The van der Waals surface area contributed by atoms with E-state index in [1.165, 1.54) is 23.7 Å². The molecule has 0 unspecified atom stereocenters. The third-order valence-electron chi connectivity index (χ3n) is 5.74. The number of aromatic nitrogens is 1. The minimum absolute atomic E-state index is 0.0507. The lowest BCUT2D eigenvalue weighted by atomic mass is 9.96. The summed E-state index contributed by atoms with van der Waals surface area (Å²) in [4.78, 5) is 14.8. The fourth-order valence-corrected chi connectivity index (χ4v) is 5.41. The number of aldehydes is 1. The summed E-state index contributed by atoms with van der Waals surface area (Å²) in [5.74, 6) is -0.437. The molecule has 0 radical (unpaired) electrons. The van der Waals surface area contributed by atoms with Gasteiger partial charge in [-0.2, -0.15) is 4.37 Å². The first-order chi connectivity index (χ1) is 15.6. The summed E-state index contributed by atoms with van der Waals surface area (Å²) in [7, 11) is 0. The van der Waals surface area contributed by atoms with Crippen LogP contribution in [0.1, 0.15) is 0 Å². The van der Waals surface area contributed by atoms with Crippen LogP contribution in [0.25, 0.3) is 32.8 Å². The standard InChI is InChI=1S/C24H19ClFN3O2S/c25-20-14-19-23(27-32-24(19)29-9-7-28(8-10-29)6-3-11-30)22(26)21(20)18-13-16(31)12-15-4-1-2-5-17(15)18/h1-6,11-14,31H,7-10H2. The predicted molar refractivity (Wildman–Crippen MR) is 128 cm³/mol. The van der Waals surface area contributed by atoms with Gasteiger partial charge in [-0.05, 0) is 52.1 Å². The van der Waals surface area contributed by atoms with Crippen LogP contribution < -0.4 is 4.90 Å². The first-order valence-corrected chi connectivity index (χ1v) is 11.3. The summed E-state index contributed by atoms with van der Waals surface area (Å²) >= 11 is 7.89. The Hall–Kier alpha value is -3.16. The summed E-state index contributed by atoms with van der Waals surface area (Å²) in [5, 5.41) is 13.7. The Bertz CT molecular complexity index is 1360. The van der Waals surface area contributed by atoms with E-state index in [2.05, 4.69) is 14.2 Å². The van der Waals surface area contributed by atoms with Crippen molar-refractivity contribution in [2.75, 3.05) is 31.1 Å². The quantitative estimate of drug-likeness (QED) is 0.319. The molecule has 0 saturated carbocycles. The second-order valence-corrected chi connectivity index (χ2v) is 8.81. The van der Waals surface area contributed by atoms with Gasteiger partial charge in [0.1, 0.15) is 22.6 Å². The molecule has 0 bridgehead atoms. The van der Waals surface area contributed by atoms with E-state index in [1.807, 2.05) is 24.3 Å². The van der Waals surface area contributed by atoms with Crippen molar-refractivity contribution in [3.8, 4) is 16.9 Å². The van der Waals surface area contributed by atoms with E-state index in [0.29, 0.717) is 10.9 Å². The molecule has 4 aromatic rings. The molecule has 3 aromatic carbocycles. The fraction of sp³-hybridized carbons (Fsp3) is 0.167. The van der Waals surface area contributed by atoms with Gasteiger partial charge in [0.15, 0.2) is 5.82 Å². The van der Waals surface area contributed by atoms with Crippen LogP contribution in [0.5, 0.6) is 5.75 Å². The van der Waals surface area contributed by atoms with E-state index in [0.717, 1.165) is 48.2 Å². The highest BCUT2D eigenvalue weighted by Gasteiger charge is 2.24. The smallest absolute Gasteiger partial charge is 0.159 e. The van der Waals surface area contributed by atoms with Crippen molar-refractivity contribution in [1.82, 2.24) is 9.27 Å². The molecule has 0 amide bonds. The van der Waals surface area contributed by atoms with Gasteiger partial charge in [0, 0.05) is 43.3 Å². The number of nitrogens with zero attached hydrogens (tertiary/aromatic N) is 3. The van der Waals surface area contributed by atoms with E-state index in [1.54, 1.807) is 18.3 Å². The Morgan fingerprint density at radius 2 is 1.88 bits per heavy atom. The summed E-state index contributed by atoms with van der Waals surface area (Å²) in [5.41, 5.74) is 1.06. The number of hydrogen-bond donors (Lipinski definition) is 1. The van der Waals surface area contributed by atoms with E-state index < -0.39 is 5.82 Å². The van der Waals surface area contributed by atoms with Crippen molar-refractivity contribution in [2.24, 2.45) is 0 Å². The Morgan fingerprint density at radius 3 is 2.66 bits per heavy atom. The van der Waals surface area contributed by atoms with Gasteiger partial charge >= 0.3 is 0 Å². The van der Waals surface area contributed by atoms with Crippen LogP contribution in [0.4, 0.5) is 9.39 Å². The van der Waals surface area contributed by atoms with Gasteiger partial charge in [-0.3, -0.25) is 4.79 Å². The SMILES string of the molecule is O=CC=CN1CCN(c2snc3c(F)c(-c4cc(O)cc5ccccc45)c(Cl)cc23)CC1. The number of phenols is 1. The maximum Gasteiger partial charge on any atom is 0.159 e. The molecule has 2 heterocycles. The number of benzene rings is 3. The number of allylic oxidation sites excluding steroid dienone is 1. The number of piperazine rings is 1. The number of carbonyl (C=O) groups excluding carboxylic acids is 1. The van der Waals surface area contributed by atoms with Crippen molar-refractivity contribution in [2.45, 2.75) is 0 Å². The van der Waals surface area contributed by atoms with E-state index >= 15 is 4.39 Å². The molecule has 5 nitrogen and oxygen atoms in total. The first kappa shape index (κ1) is 20.7. The molecular formula is C24H19ClFN3O2S. The van der Waals surface area contributed by atoms with Gasteiger partial charge in [0.05, 0.1) is 5.02 Å². The highest BCUT2D eigenvalue weighted by Crippen LogP contribution is 2.43. The molecule has 1 aliphatic rings. The van der Waals surface area contributed by atoms with Crippen LogP contribution in [0.3, 0.4) is 0 Å². The first-order valence-electron chi connectivity index (χ1n) is 10.2. The molecule has 0 spiro atoms. The number of hydrogen-bond acceptors (Lipinski definition) is 6. The number of halogens is 2. The summed E-state index contributed by atoms with van der Waals surface area (Å²) in [6.07, 6.45) is 4.04. The average molecular weight is 468 g/mol. The topological polar surface area (TPSA) is 56.7 Å². The zero-order valence-corrected chi connectivity index (χ0v) is 18.5. The summed E-state index contributed by atoms with van der Waals surface area (Å²) < 4.78 is 20.2. The zero-order chi connectivity index (χ0) is 22.2. The molecule has 1 N–H and O–H groups in total. The molecule has 8 heteroatoms. The Kier molecular flexibility index (Phi) is 5.45. The van der Waals surface area contributed by atoms with Crippen molar-refractivity contribution >= 4 is 56.1 Å². The van der Waals surface area contributed by atoms with E-state index in [4.69, 9.17) is 11.6 Å². The largest absolute Gasteiger partial charge is 0.508 e. The Morgan fingerprint density at radius 1 is 1.09 bits per heavy atom. The third kappa shape index (κ3) is 3.57. The van der Waals surface area contributed by atoms with Gasteiger partial charge in [0.2, 0.25) is 0 Å².